The first kappa shape index (κ1) is 8.80. The van der Waals surface area contributed by atoms with Crippen molar-refractivity contribution in [1.82, 2.24) is 4.98 Å². The highest BCUT2D eigenvalue weighted by Crippen LogP contribution is 2.31. The van der Waals surface area contributed by atoms with E-state index < -0.39 is 0 Å². The van der Waals surface area contributed by atoms with Gasteiger partial charge >= 0.3 is 0 Å². The van der Waals surface area contributed by atoms with Crippen molar-refractivity contribution in [3.63, 3.8) is 0 Å². The molecular weight excluding hydrogens is 188 g/mol. The number of ether oxygens (including phenoxy) is 1. The van der Waals surface area contributed by atoms with Gasteiger partial charge in [-0.25, -0.2) is 0 Å². The Morgan fingerprint density at radius 2 is 2.27 bits per heavy atom. The maximum absolute atomic E-state index is 5.94. The number of fused-ring (bicyclic) bond motifs is 3. The van der Waals surface area contributed by atoms with Crippen LogP contribution in [-0.2, 0) is 12.8 Å². The van der Waals surface area contributed by atoms with E-state index in [0.29, 0.717) is 0 Å². The van der Waals surface area contributed by atoms with Gasteiger partial charge in [0.1, 0.15) is 5.75 Å². The SMILES string of the molecule is COc1ccc2[nH]c3c(c2c1)CC(N)C3. The highest BCUT2D eigenvalue weighted by Gasteiger charge is 2.22. The third-order valence-corrected chi connectivity index (χ3v) is 3.13. The molecule has 3 N–H and O–H groups in total. The summed E-state index contributed by atoms with van der Waals surface area (Å²) in [6.07, 6.45) is 1.94. The molecule has 2 aromatic rings. The minimum absolute atomic E-state index is 0.279. The molecular formula is C12H14N2O. The lowest BCUT2D eigenvalue weighted by Gasteiger charge is -2.02. The van der Waals surface area contributed by atoms with E-state index in [1.54, 1.807) is 7.11 Å². The van der Waals surface area contributed by atoms with E-state index in [2.05, 4.69) is 17.1 Å². The summed E-state index contributed by atoms with van der Waals surface area (Å²) in [7, 11) is 1.69. The highest BCUT2D eigenvalue weighted by atomic mass is 16.5. The molecule has 0 radical (unpaired) electrons. The van der Waals surface area contributed by atoms with Gasteiger partial charge in [0, 0.05) is 29.1 Å². The fourth-order valence-electron chi connectivity index (χ4n) is 2.41. The molecule has 1 aliphatic carbocycles. The van der Waals surface area contributed by atoms with Crippen molar-refractivity contribution >= 4 is 10.9 Å². The van der Waals surface area contributed by atoms with Crippen molar-refractivity contribution in [3.8, 4) is 5.75 Å². The minimum Gasteiger partial charge on any atom is -0.497 e. The van der Waals surface area contributed by atoms with Crippen LogP contribution in [-0.4, -0.2) is 18.1 Å². The summed E-state index contributed by atoms with van der Waals surface area (Å²) >= 11 is 0. The van der Waals surface area contributed by atoms with E-state index in [0.717, 1.165) is 18.6 Å². The van der Waals surface area contributed by atoms with Crippen LogP contribution >= 0.6 is 0 Å². The Balaban J connectivity index is 2.22. The summed E-state index contributed by atoms with van der Waals surface area (Å²) in [5, 5.41) is 1.26. The molecule has 0 bridgehead atoms. The number of nitrogens with one attached hydrogen (secondary N) is 1. The largest absolute Gasteiger partial charge is 0.497 e. The quantitative estimate of drug-likeness (QED) is 0.738. The number of benzene rings is 1. The second-order valence-corrected chi connectivity index (χ2v) is 4.16. The Kier molecular flexibility index (Phi) is 1.76. The van der Waals surface area contributed by atoms with Crippen LogP contribution in [0.15, 0.2) is 18.2 Å². The molecule has 3 heteroatoms. The summed E-state index contributed by atoms with van der Waals surface area (Å²) in [4.78, 5) is 3.42. The summed E-state index contributed by atoms with van der Waals surface area (Å²) in [6, 6.07) is 6.41. The standard InChI is InChI=1S/C12H14N2O/c1-15-8-2-3-11-10(6-8)9-4-7(13)5-12(9)14-11/h2-3,6-7,14H,4-5,13H2,1H3. The number of hydrogen-bond donors (Lipinski definition) is 2. The third kappa shape index (κ3) is 1.23. The highest BCUT2D eigenvalue weighted by molar-refractivity contribution is 5.86. The lowest BCUT2D eigenvalue weighted by atomic mass is 10.1. The number of rotatable bonds is 1. The number of aromatic nitrogens is 1. The van der Waals surface area contributed by atoms with E-state index in [1.807, 2.05) is 6.07 Å². The van der Waals surface area contributed by atoms with Gasteiger partial charge in [-0.05, 0) is 30.2 Å². The summed E-state index contributed by atoms with van der Waals surface area (Å²) in [5.74, 6) is 0.907. The van der Waals surface area contributed by atoms with Gasteiger partial charge in [-0.3, -0.25) is 0 Å². The molecule has 78 valence electrons. The van der Waals surface area contributed by atoms with Gasteiger partial charge in [-0.1, -0.05) is 0 Å². The molecule has 1 unspecified atom stereocenters. The van der Waals surface area contributed by atoms with Crippen LogP contribution in [0.25, 0.3) is 10.9 Å². The zero-order valence-corrected chi connectivity index (χ0v) is 8.71. The average molecular weight is 202 g/mol. The van der Waals surface area contributed by atoms with E-state index in [4.69, 9.17) is 10.5 Å². The molecule has 15 heavy (non-hydrogen) atoms. The number of hydrogen-bond acceptors (Lipinski definition) is 2. The van der Waals surface area contributed by atoms with Crippen LogP contribution in [0.2, 0.25) is 0 Å². The van der Waals surface area contributed by atoms with E-state index in [9.17, 15) is 0 Å². The second-order valence-electron chi connectivity index (χ2n) is 4.16. The maximum atomic E-state index is 5.94. The van der Waals surface area contributed by atoms with Crippen LogP contribution < -0.4 is 10.5 Å². The molecule has 0 saturated carbocycles. The number of aromatic amines is 1. The van der Waals surface area contributed by atoms with Crippen LogP contribution in [0.3, 0.4) is 0 Å². The van der Waals surface area contributed by atoms with Gasteiger partial charge in [0.05, 0.1) is 7.11 Å². The first-order valence-corrected chi connectivity index (χ1v) is 5.21. The van der Waals surface area contributed by atoms with Crippen molar-refractivity contribution in [2.75, 3.05) is 7.11 Å². The lowest BCUT2D eigenvalue weighted by molar-refractivity contribution is 0.415. The van der Waals surface area contributed by atoms with Crippen LogP contribution in [0.4, 0.5) is 0 Å². The zero-order valence-electron chi connectivity index (χ0n) is 8.71. The van der Waals surface area contributed by atoms with Crippen molar-refractivity contribution < 1.29 is 4.74 Å². The second kappa shape index (κ2) is 3.00. The van der Waals surface area contributed by atoms with E-state index in [-0.39, 0.29) is 6.04 Å². The van der Waals surface area contributed by atoms with Crippen molar-refractivity contribution in [3.05, 3.63) is 29.5 Å². The zero-order chi connectivity index (χ0) is 10.4. The van der Waals surface area contributed by atoms with Crippen LogP contribution in [0.1, 0.15) is 11.3 Å². The minimum atomic E-state index is 0.279. The number of nitrogens with two attached hydrogens (primary N) is 1. The molecule has 0 amide bonds. The van der Waals surface area contributed by atoms with Crippen molar-refractivity contribution in [1.29, 1.82) is 0 Å². The molecule has 0 fully saturated rings. The van der Waals surface area contributed by atoms with E-state index >= 15 is 0 Å². The van der Waals surface area contributed by atoms with Crippen LogP contribution in [0, 0.1) is 0 Å². The smallest absolute Gasteiger partial charge is 0.119 e. The number of H-pyrrole nitrogens is 1. The maximum Gasteiger partial charge on any atom is 0.119 e. The van der Waals surface area contributed by atoms with Gasteiger partial charge < -0.3 is 15.5 Å². The van der Waals surface area contributed by atoms with Gasteiger partial charge in [-0.15, -0.1) is 0 Å². The molecule has 1 heterocycles. The molecule has 1 aromatic heterocycles. The molecule has 3 nitrogen and oxygen atoms in total. The Hall–Kier alpha value is -1.48. The summed E-state index contributed by atoms with van der Waals surface area (Å²) < 4.78 is 5.23. The predicted octanol–water partition coefficient (Wildman–Crippen LogP) is 1.60. The molecule has 3 rings (SSSR count). The Bertz CT molecular complexity index is 516. The lowest BCUT2D eigenvalue weighted by Crippen LogP contribution is -2.19. The van der Waals surface area contributed by atoms with Crippen molar-refractivity contribution in [2.24, 2.45) is 5.73 Å². The average Bonchev–Trinajstić information content (AvgIpc) is 2.73. The topological polar surface area (TPSA) is 51.0 Å². The first-order valence-electron chi connectivity index (χ1n) is 5.21. The summed E-state index contributed by atoms with van der Waals surface area (Å²) in [5.41, 5.74) is 9.80. The molecule has 1 aliphatic rings. The Morgan fingerprint density at radius 1 is 1.40 bits per heavy atom. The Labute approximate surface area is 88.2 Å². The van der Waals surface area contributed by atoms with Gasteiger partial charge in [-0.2, -0.15) is 0 Å². The molecule has 1 aromatic carbocycles. The predicted molar refractivity (Wildman–Crippen MR) is 60.2 cm³/mol. The summed E-state index contributed by atoms with van der Waals surface area (Å²) in [6.45, 7) is 0. The van der Waals surface area contributed by atoms with Crippen molar-refractivity contribution in [2.45, 2.75) is 18.9 Å². The van der Waals surface area contributed by atoms with Gasteiger partial charge in [0.25, 0.3) is 0 Å². The monoisotopic (exact) mass is 202 g/mol. The fraction of sp³-hybridized carbons (Fsp3) is 0.333. The molecule has 0 spiro atoms. The molecule has 1 atom stereocenters. The van der Waals surface area contributed by atoms with Gasteiger partial charge in [0.15, 0.2) is 0 Å². The Morgan fingerprint density at radius 3 is 3.07 bits per heavy atom. The number of methoxy groups -OCH3 is 1. The fourth-order valence-corrected chi connectivity index (χ4v) is 2.41. The third-order valence-electron chi connectivity index (χ3n) is 3.13. The van der Waals surface area contributed by atoms with Crippen LogP contribution in [0.5, 0.6) is 5.75 Å². The first-order chi connectivity index (χ1) is 7.28. The molecule has 0 saturated heterocycles. The van der Waals surface area contributed by atoms with E-state index in [1.165, 1.54) is 22.2 Å². The molecule has 0 aliphatic heterocycles. The normalized spacial score (nSPS) is 19.5. The van der Waals surface area contributed by atoms with Gasteiger partial charge in [0.2, 0.25) is 0 Å².